The van der Waals surface area contributed by atoms with E-state index >= 15 is 0 Å². The van der Waals surface area contributed by atoms with Gasteiger partial charge in [-0.3, -0.25) is 14.9 Å². The first kappa shape index (κ1) is 18.6. The van der Waals surface area contributed by atoms with Crippen molar-refractivity contribution in [2.24, 2.45) is 0 Å². The Morgan fingerprint density at radius 3 is 2.70 bits per heavy atom. The Bertz CT molecular complexity index is 1250. The molecule has 5 rings (SSSR count). The van der Waals surface area contributed by atoms with Crippen LogP contribution in [0.4, 0.5) is 0 Å². The van der Waals surface area contributed by atoms with Gasteiger partial charge >= 0.3 is 0 Å². The number of aromatic amines is 1. The Balaban J connectivity index is 1.53. The molecule has 0 amide bonds. The fourth-order valence-corrected chi connectivity index (χ4v) is 3.86. The highest BCUT2D eigenvalue weighted by Gasteiger charge is 2.19. The average molecular weight is 396 g/mol. The maximum atomic E-state index is 4.90. The van der Waals surface area contributed by atoms with Gasteiger partial charge < -0.3 is 4.98 Å². The van der Waals surface area contributed by atoms with Crippen molar-refractivity contribution in [3.63, 3.8) is 0 Å². The van der Waals surface area contributed by atoms with E-state index in [-0.39, 0.29) is 0 Å². The van der Waals surface area contributed by atoms with Gasteiger partial charge in [0.25, 0.3) is 0 Å². The summed E-state index contributed by atoms with van der Waals surface area (Å²) >= 11 is 0. The highest BCUT2D eigenvalue weighted by Crippen LogP contribution is 2.29. The number of nitrogens with zero attached hydrogens (tertiary/aromatic N) is 5. The van der Waals surface area contributed by atoms with Gasteiger partial charge in [-0.25, -0.2) is 9.97 Å². The van der Waals surface area contributed by atoms with Crippen LogP contribution in [0.3, 0.4) is 0 Å². The Labute approximate surface area is 175 Å². The van der Waals surface area contributed by atoms with E-state index in [9.17, 15) is 0 Å². The molecule has 5 heterocycles. The Morgan fingerprint density at radius 2 is 1.90 bits per heavy atom. The summed E-state index contributed by atoms with van der Waals surface area (Å²) in [6, 6.07) is 12.6. The van der Waals surface area contributed by atoms with E-state index in [4.69, 9.17) is 4.98 Å². The van der Waals surface area contributed by atoms with Crippen LogP contribution in [0.2, 0.25) is 0 Å². The van der Waals surface area contributed by atoms with Gasteiger partial charge in [0.2, 0.25) is 0 Å². The van der Waals surface area contributed by atoms with Crippen molar-refractivity contribution in [1.29, 1.82) is 0 Å². The standard InChI is InChI=1S/C24H24N6/c1-15(2)30-10-9-17(13-30)18-11-22-19(25-12-18)7-8-21(29-22)24-23(26-14-27-24)20-6-4-5-16(3)28-20/h4-9,11-12,14-15H,10,13H2,1-3H3,(H,26,27). The first-order valence-corrected chi connectivity index (χ1v) is 10.3. The molecule has 0 unspecified atom stereocenters. The number of nitrogens with one attached hydrogen (secondary N) is 1. The van der Waals surface area contributed by atoms with E-state index in [1.165, 1.54) is 5.57 Å². The maximum Gasteiger partial charge on any atom is 0.116 e. The van der Waals surface area contributed by atoms with Crippen molar-refractivity contribution in [2.75, 3.05) is 13.1 Å². The van der Waals surface area contributed by atoms with Gasteiger partial charge in [0.1, 0.15) is 5.69 Å². The van der Waals surface area contributed by atoms with E-state index in [0.717, 1.165) is 58.2 Å². The molecule has 30 heavy (non-hydrogen) atoms. The third kappa shape index (κ3) is 3.39. The molecule has 1 aliphatic rings. The minimum Gasteiger partial charge on any atom is -0.343 e. The lowest BCUT2D eigenvalue weighted by molar-refractivity contribution is 0.290. The molecule has 0 saturated carbocycles. The van der Waals surface area contributed by atoms with Crippen LogP contribution >= 0.6 is 0 Å². The van der Waals surface area contributed by atoms with Crippen LogP contribution < -0.4 is 0 Å². The zero-order valence-electron chi connectivity index (χ0n) is 17.4. The summed E-state index contributed by atoms with van der Waals surface area (Å²) in [6.07, 6.45) is 5.94. The minimum absolute atomic E-state index is 0.533. The Kier molecular flexibility index (Phi) is 4.64. The van der Waals surface area contributed by atoms with E-state index in [1.54, 1.807) is 6.33 Å². The summed E-state index contributed by atoms with van der Waals surface area (Å²) in [7, 11) is 0. The molecule has 150 valence electrons. The van der Waals surface area contributed by atoms with E-state index in [2.05, 4.69) is 50.8 Å². The van der Waals surface area contributed by atoms with Crippen LogP contribution in [-0.4, -0.2) is 49.0 Å². The number of imidazole rings is 1. The monoisotopic (exact) mass is 396 g/mol. The van der Waals surface area contributed by atoms with Crippen molar-refractivity contribution in [3.05, 3.63) is 66.3 Å². The smallest absolute Gasteiger partial charge is 0.116 e. The van der Waals surface area contributed by atoms with Gasteiger partial charge in [0, 0.05) is 31.0 Å². The van der Waals surface area contributed by atoms with Crippen LogP contribution in [0.1, 0.15) is 25.1 Å². The lowest BCUT2D eigenvalue weighted by Gasteiger charge is -2.20. The van der Waals surface area contributed by atoms with Crippen molar-refractivity contribution < 1.29 is 0 Å². The molecule has 0 bridgehead atoms. The quantitative estimate of drug-likeness (QED) is 0.550. The highest BCUT2D eigenvalue weighted by molar-refractivity contribution is 5.84. The number of hydrogen-bond donors (Lipinski definition) is 1. The van der Waals surface area contributed by atoms with Crippen LogP contribution in [0.5, 0.6) is 0 Å². The van der Waals surface area contributed by atoms with Crippen molar-refractivity contribution >= 4 is 16.6 Å². The largest absolute Gasteiger partial charge is 0.343 e. The summed E-state index contributed by atoms with van der Waals surface area (Å²) in [5.41, 5.74) is 8.52. The molecule has 6 heteroatoms. The van der Waals surface area contributed by atoms with Crippen molar-refractivity contribution in [2.45, 2.75) is 26.8 Å². The zero-order chi connectivity index (χ0) is 20.7. The van der Waals surface area contributed by atoms with Crippen LogP contribution in [0.25, 0.3) is 39.4 Å². The first-order valence-electron chi connectivity index (χ1n) is 10.3. The van der Waals surface area contributed by atoms with Crippen molar-refractivity contribution in [1.82, 2.24) is 29.8 Å². The molecule has 4 aromatic heterocycles. The minimum atomic E-state index is 0.533. The molecule has 0 spiro atoms. The number of aryl methyl sites for hydroxylation is 1. The van der Waals surface area contributed by atoms with Crippen LogP contribution in [-0.2, 0) is 0 Å². The second-order valence-corrected chi connectivity index (χ2v) is 8.00. The van der Waals surface area contributed by atoms with Gasteiger partial charge in [-0.2, -0.15) is 0 Å². The number of H-pyrrole nitrogens is 1. The normalized spacial score (nSPS) is 14.6. The Hall–Kier alpha value is -3.38. The fraction of sp³-hybridized carbons (Fsp3) is 0.250. The summed E-state index contributed by atoms with van der Waals surface area (Å²) in [6.45, 7) is 8.38. The van der Waals surface area contributed by atoms with Crippen LogP contribution in [0.15, 0.2) is 55.0 Å². The second kappa shape index (κ2) is 7.46. The predicted molar refractivity (Wildman–Crippen MR) is 120 cm³/mol. The lowest BCUT2D eigenvalue weighted by atomic mass is 10.1. The Morgan fingerprint density at radius 1 is 1.00 bits per heavy atom. The SMILES string of the molecule is Cc1cccc(-c2[nH]cnc2-c2ccc3ncc(C4=CCN(C(C)C)C4)cc3n2)n1. The van der Waals surface area contributed by atoms with Crippen LogP contribution in [0, 0.1) is 6.92 Å². The number of hydrogen-bond acceptors (Lipinski definition) is 5. The van der Waals surface area contributed by atoms with E-state index in [0.29, 0.717) is 6.04 Å². The third-order valence-electron chi connectivity index (χ3n) is 5.61. The fourth-order valence-electron chi connectivity index (χ4n) is 3.86. The molecule has 1 N–H and O–H groups in total. The molecule has 0 fully saturated rings. The molecular formula is C24H24N6. The molecular weight excluding hydrogens is 372 g/mol. The molecule has 1 aliphatic heterocycles. The predicted octanol–water partition coefficient (Wildman–Crippen LogP) is 4.50. The van der Waals surface area contributed by atoms with Gasteiger partial charge in [-0.15, -0.1) is 0 Å². The molecule has 0 aromatic carbocycles. The maximum absolute atomic E-state index is 4.90. The zero-order valence-corrected chi connectivity index (χ0v) is 17.4. The topological polar surface area (TPSA) is 70.6 Å². The second-order valence-electron chi connectivity index (χ2n) is 8.00. The highest BCUT2D eigenvalue weighted by atomic mass is 15.2. The lowest BCUT2D eigenvalue weighted by Crippen LogP contribution is -2.28. The summed E-state index contributed by atoms with van der Waals surface area (Å²) in [4.78, 5) is 24.4. The van der Waals surface area contributed by atoms with E-state index in [1.807, 2.05) is 43.5 Å². The molecule has 0 radical (unpaired) electrons. The number of pyridine rings is 3. The average Bonchev–Trinajstić information content (AvgIpc) is 3.43. The number of fused-ring (bicyclic) bond motifs is 1. The number of aromatic nitrogens is 5. The molecule has 0 atom stereocenters. The van der Waals surface area contributed by atoms with E-state index < -0.39 is 0 Å². The number of rotatable bonds is 4. The summed E-state index contributed by atoms with van der Waals surface area (Å²) in [5.74, 6) is 0. The van der Waals surface area contributed by atoms with Crippen molar-refractivity contribution in [3.8, 4) is 22.8 Å². The molecule has 6 nitrogen and oxygen atoms in total. The van der Waals surface area contributed by atoms with Gasteiger partial charge in [-0.1, -0.05) is 12.1 Å². The first-order chi connectivity index (χ1) is 14.6. The molecule has 4 aromatic rings. The van der Waals surface area contributed by atoms with Gasteiger partial charge in [0.05, 0.1) is 34.4 Å². The molecule has 0 saturated heterocycles. The van der Waals surface area contributed by atoms with Gasteiger partial charge in [0.15, 0.2) is 0 Å². The third-order valence-corrected chi connectivity index (χ3v) is 5.61. The summed E-state index contributed by atoms with van der Waals surface area (Å²) in [5, 5.41) is 0. The molecule has 0 aliphatic carbocycles. The van der Waals surface area contributed by atoms with Gasteiger partial charge in [-0.05, 0) is 62.2 Å². The summed E-state index contributed by atoms with van der Waals surface area (Å²) < 4.78 is 0.